The fourth-order valence-corrected chi connectivity index (χ4v) is 3.94. The molecule has 2 heterocycles. The maximum absolute atomic E-state index is 12.8. The summed E-state index contributed by atoms with van der Waals surface area (Å²) in [5.41, 5.74) is 3.62. The molecule has 1 unspecified atom stereocenters. The molecular weight excluding hydrogens is 326 g/mol. The maximum atomic E-state index is 12.8. The van der Waals surface area contributed by atoms with Crippen LogP contribution < -0.4 is 9.47 Å². The molecule has 1 atom stereocenters. The maximum Gasteiger partial charge on any atom is 0.223 e. The van der Waals surface area contributed by atoms with Crippen LogP contribution in [0.25, 0.3) is 0 Å². The lowest BCUT2D eigenvalue weighted by molar-refractivity contribution is -0.132. The number of amides is 1. The third-order valence-electron chi connectivity index (χ3n) is 5.23. The van der Waals surface area contributed by atoms with E-state index in [1.807, 2.05) is 17.0 Å². The molecule has 4 nitrogen and oxygen atoms in total. The van der Waals surface area contributed by atoms with Gasteiger partial charge in [-0.05, 0) is 49.4 Å². The number of carbonyl (C=O) groups excluding carboxylic acids is 1. The molecule has 0 bridgehead atoms. The number of nitrogens with zero attached hydrogens (tertiary/aromatic N) is 1. The Labute approximate surface area is 154 Å². The van der Waals surface area contributed by atoms with E-state index in [2.05, 4.69) is 37.3 Å². The molecule has 2 aliphatic heterocycles. The van der Waals surface area contributed by atoms with Gasteiger partial charge < -0.3 is 14.4 Å². The Bertz CT molecular complexity index is 802. The van der Waals surface area contributed by atoms with Gasteiger partial charge in [0.15, 0.2) is 11.5 Å². The molecule has 4 rings (SSSR count). The molecule has 1 fully saturated rings. The topological polar surface area (TPSA) is 38.8 Å². The molecule has 0 spiro atoms. The van der Waals surface area contributed by atoms with Crippen molar-refractivity contribution >= 4 is 5.91 Å². The lowest BCUT2D eigenvalue weighted by atomic mass is 10.0. The number of fused-ring (bicyclic) bond motifs is 1. The van der Waals surface area contributed by atoms with Crippen molar-refractivity contribution in [2.75, 3.05) is 19.8 Å². The lowest BCUT2D eigenvalue weighted by Gasteiger charge is -2.27. The van der Waals surface area contributed by atoms with E-state index in [4.69, 9.17) is 9.47 Å². The molecule has 4 heteroatoms. The minimum Gasteiger partial charge on any atom is -0.486 e. The highest BCUT2D eigenvalue weighted by Crippen LogP contribution is 2.38. The predicted molar refractivity (Wildman–Crippen MR) is 101 cm³/mol. The largest absolute Gasteiger partial charge is 0.486 e. The van der Waals surface area contributed by atoms with E-state index in [9.17, 15) is 4.79 Å². The summed E-state index contributed by atoms with van der Waals surface area (Å²) < 4.78 is 11.3. The molecule has 0 saturated carbocycles. The zero-order chi connectivity index (χ0) is 17.9. The molecule has 0 radical (unpaired) electrons. The normalized spacial score (nSPS) is 18.8. The van der Waals surface area contributed by atoms with E-state index in [1.165, 1.54) is 11.1 Å². The van der Waals surface area contributed by atoms with Gasteiger partial charge in [0.25, 0.3) is 0 Å². The fraction of sp³-hybridized carbons (Fsp3) is 0.409. The zero-order valence-corrected chi connectivity index (χ0v) is 15.2. The molecule has 0 aromatic heterocycles. The first-order valence-corrected chi connectivity index (χ1v) is 9.45. The number of hydrogen-bond donors (Lipinski definition) is 0. The van der Waals surface area contributed by atoms with Gasteiger partial charge in [0.2, 0.25) is 5.91 Å². The Kier molecular flexibility index (Phi) is 4.83. The molecule has 2 aliphatic rings. The molecule has 1 saturated heterocycles. The Morgan fingerprint density at radius 2 is 1.96 bits per heavy atom. The third kappa shape index (κ3) is 3.55. The minimum absolute atomic E-state index is 0.149. The highest BCUT2D eigenvalue weighted by Gasteiger charge is 2.30. The van der Waals surface area contributed by atoms with Gasteiger partial charge in [-0.15, -0.1) is 0 Å². The molecule has 0 N–H and O–H groups in total. The molecule has 2 aromatic carbocycles. The minimum atomic E-state index is 0.149. The molecule has 2 aromatic rings. The number of hydrogen-bond acceptors (Lipinski definition) is 3. The van der Waals surface area contributed by atoms with Crippen molar-refractivity contribution in [1.29, 1.82) is 0 Å². The van der Waals surface area contributed by atoms with Crippen molar-refractivity contribution in [3.8, 4) is 11.5 Å². The standard InChI is InChI=1S/C22H25NO3/c1-16-4-2-5-17(14-16)7-10-22(24)23-11-3-6-19(23)18-8-9-20-21(15-18)26-13-12-25-20/h2,4-5,8-9,14-15,19H,3,6-7,10-13H2,1H3. The van der Waals surface area contributed by atoms with E-state index < -0.39 is 0 Å². The summed E-state index contributed by atoms with van der Waals surface area (Å²) in [7, 11) is 0. The number of aryl methyl sites for hydroxylation is 2. The van der Waals surface area contributed by atoms with Crippen molar-refractivity contribution in [2.45, 2.75) is 38.6 Å². The van der Waals surface area contributed by atoms with Crippen molar-refractivity contribution in [2.24, 2.45) is 0 Å². The van der Waals surface area contributed by atoms with Crippen LogP contribution in [0.4, 0.5) is 0 Å². The lowest BCUT2D eigenvalue weighted by Crippen LogP contribution is -2.30. The number of rotatable bonds is 4. The van der Waals surface area contributed by atoms with Crippen LogP contribution >= 0.6 is 0 Å². The van der Waals surface area contributed by atoms with Gasteiger partial charge in [-0.1, -0.05) is 35.9 Å². The summed E-state index contributed by atoms with van der Waals surface area (Å²) in [6.07, 6.45) is 3.42. The first-order chi connectivity index (χ1) is 12.7. The fourth-order valence-electron chi connectivity index (χ4n) is 3.94. The Morgan fingerprint density at radius 3 is 2.81 bits per heavy atom. The smallest absolute Gasteiger partial charge is 0.223 e. The molecular formula is C22H25NO3. The third-order valence-corrected chi connectivity index (χ3v) is 5.23. The quantitative estimate of drug-likeness (QED) is 0.834. The highest BCUT2D eigenvalue weighted by atomic mass is 16.6. The number of benzene rings is 2. The summed E-state index contributed by atoms with van der Waals surface area (Å²) >= 11 is 0. The van der Waals surface area contributed by atoms with Gasteiger partial charge in [0, 0.05) is 13.0 Å². The highest BCUT2D eigenvalue weighted by molar-refractivity contribution is 5.77. The predicted octanol–water partition coefficient (Wildman–Crippen LogP) is 4.06. The van der Waals surface area contributed by atoms with Crippen LogP contribution in [0.3, 0.4) is 0 Å². The second kappa shape index (κ2) is 7.40. The second-order valence-corrected chi connectivity index (χ2v) is 7.14. The van der Waals surface area contributed by atoms with Crippen molar-refractivity contribution in [3.63, 3.8) is 0 Å². The second-order valence-electron chi connectivity index (χ2n) is 7.14. The van der Waals surface area contributed by atoms with Crippen LogP contribution in [0.2, 0.25) is 0 Å². The van der Waals surface area contributed by atoms with Crippen molar-refractivity contribution in [3.05, 3.63) is 59.2 Å². The first kappa shape index (κ1) is 17.0. The summed E-state index contributed by atoms with van der Waals surface area (Å²) in [5, 5.41) is 0. The summed E-state index contributed by atoms with van der Waals surface area (Å²) in [6, 6.07) is 14.6. The number of carbonyl (C=O) groups is 1. The van der Waals surface area contributed by atoms with E-state index in [-0.39, 0.29) is 11.9 Å². The van der Waals surface area contributed by atoms with Crippen LogP contribution in [0.15, 0.2) is 42.5 Å². The van der Waals surface area contributed by atoms with Crippen LogP contribution in [0.1, 0.15) is 42.0 Å². The number of likely N-dealkylation sites (tertiary alicyclic amines) is 1. The van der Waals surface area contributed by atoms with Gasteiger partial charge in [0.05, 0.1) is 6.04 Å². The summed E-state index contributed by atoms with van der Waals surface area (Å²) in [6.45, 7) is 4.11. The Balaban J connectivity index is 1.45. The summed E-state index contributed by atoms with van der Waals surface area (Å²) in [5.74, 6) is 1.84. The summed E-state index contributed by atoms with van der Waals surface area (Å²) in [4.78, 5) is 14.9. The van der Waals surface area contributed by atoms with E-state index >= 15 is 0 Å². The Morgan fingerprint density at radius 1 is 1.12 bits per heavy atom. The molecule has 1 amide bonds. The molecule has 0 aliphatic carbocycles. The zero-order valence-electron chi connectivity index (χ0n) is 15.2. The van der Waals surface area contributed by atoms with Gasteiger partial charge in [-0.2, -0.15) is 0 Å². The van der Waals surface area contributed by atoms with Crippen LogP contribution in [0, 0.1) is 6.92 Å². The average Bonchev–Trinajstić information content (AvgIpc) is 3.16. The monoisotopic (exact) mass is 351 g/mol. The van der Waals surface area contributed by atoms with E-state index in [0.29, 0.717) is 19.6 Å². The molecule has 136 valence electrons. The van der Waals surface area contributed by atoms with Crippen molar-refractivity contribution in [1.82, 2.24) is 4.90 Å². The number of ether oxygens (including phenoxy) is 2. The van der Waals surface area contributed by atoms with Crippen LogP contribution in [-0.4, -0.2) is 30.6 Å². The van der Waals surface area contributed by atoms with Crippen LogP contribution in [0.5, 0.6) is 11.5 Å². The van der Waals surface area contributed by atoms with Crippen molar-refractivity contribution < 1.29 is 14.3 Å². The SMILES string of the molecule is Cc1cccc(CCC(=O)N2CCCC2c2ccc3c(c2)OCCO3)c1. The van der Waals surface area contributed by atoms with E-state index in [1.54, 1.807) is 0 Å². The Hall–Kier alpha value is -2.49. The molecule has 26 heavy (non-hydrogen) atoms. The van der Waals surface area contributed by atoms with Gasteiger partial charge in [-0.3, -0.25) is 4.79 Å². The average molecular weight is 351 g/mol. The van der Waals surface area contributed by atoms with Crippen LogP contribution in [-0.2, 0) is 11.2 Å². The van der Waals surface area contributed by atoms with Gasteiger partial charge in [0.1, 0.15) is 13.2 Å². The van der Waals surface area contributed by atoms with Gasteiger partial charge >= 0.3 is 0 Å². The van der Waals surface area contributed by atoms with E-state index in [0.717, 1.165) is 42.9 Å². The first-order valence-electron chi connectivity index (χ1n) is 9.45. The van der Waals surface area contributed by atoms with Gasteiger partial charge in [-0.25, -0.2) is 0 Å².